The smallest absolute Gasteiger partial charge is 0.302 e. The molecule has 1 unspecified atom stereocenters. The van der Waals surface area contributed by atoms with Gasteiger partial charge in [-0.2, -0.15) is 8.42 Å². The summed E-state index contributed by atoms with van der Waals surface area (Å²) in [5, 5.41) is 2.61. The monoisotopic (exact) mass is 344 g/mol. The molecule has 2 rings (SSSR count). The summed E-state index contributed by atoms with van der Waals surface area (Å²) in [6, 6.07) is 6.57. The Morgan fingerprint density at radius 1 is 1.48 bits per heavy atom. The SMILES string of the molecule is COCC(=O)Nc1cccc(N2CC(CS(=O)(=O)F)CC2=O)c1. The number of anilines is 2. The minimum Gasteiger partial charge on any atom is -0.375 e. The number of hydrogen-bond acceptors (Lipinski definition) is 5. The maximum absolute atomic E-state index is 12.8. The molecule has 1 atom stereocenters. The number of methoxy groups -OCH3 is 1. The number of nitrogens with one attached hydrogen (secondary N) is 1. The lowest BCUT2D eigenvalue weighted by Gasteiger charge is -2.17. The van der Waals surface area contributed by atoms with E-state index in [0.717, 1.165) is 0 Å². The van der Waals surface area contributed by atoms with Crippen LogP contribution in [0.1, 0.15) is 6.42 Å². The van der Waals surface area contributed by atoms with Crippen LogP contribution < -0.4 is 10.2 Å². The van der Waals surface area contributed by atoms with Gasteiger partial charge in [0.05, 0.1) is 5.75 Å². The minimum atomic E-state index is -4.62. The first-order valence-corrected chi connectivity index (χ1v) is 8.45. The topological polar surface area (TPSA) is 92.8 Å². The van der Waals surface area contributed by atoms with Gasteiger partial charge in [-0.15, -0.1) is 3.89 Å². The molecule has 126 valence electrons. The van der Waals surface area contributed by atoms with Crippen molar-refractivity contribution in [3.05, 3.63) is 24.3 Å². The van der Waals surface area contributed by atoms with Crippen LogP contribution in [0.25, 0.3) is 0 Å². The standard InChI is InChI=1S/C14H17FN2O5S/c1-22-8-13(18)16-11-3-2-4-12(6-11)17-7-10(5-14(17)19)9-23(15,20)21/h2-4,6,10H,5,7-9H2,1H3,(H,16,18). The van der Waals surface area contributed by atoms with Crippen molar-refractivity contribution in [3.63, 3.8) is 0 Å². The molecular formula is C14H17FN2O5S. The molecule has 1 saturated heterocycles. The first-order chi connectivity index (χ1) is 10.8. The Labute approximate surface area is 133 Å². The van der Waals surface area contributed by atoms with Crippen molar-refractivity contribution in [3.8, 4) is 0 Å². The lowest BCUT2D eigenvalue weighted by atomic mass is 10.1. The molecular weight excluding hydrogens is 327 g/mol. The molecule has 0 spiro atoms. The molecule has 1 fully saturated rings. The summed E-state index contributed by atoms with van der Waals surface area (Å²) in [4.78, 5) is 24.9. The third kappa shape index (κ3) is 5.00. The van der Waals surface area contributed by atoms with Crippen molar-refractivity contribution in [2.45, 2.75) is 6.42 Å². The number of nitrogens with zero attached hydrogens (tertiary/aromatic N) is 1. The van der Waals surface area contributed by atoms with Crippen LogP contribution in [-0.2, 0) is 24.5 Å². The zero-order valence-corrected chi connectivity index (χ0v) is 13.3. The largest absolute Gasteiger partial charge is 0.375 e. The van der Waals surface area contributed by atoms with Crippen LogP contribution >= 0.6 is 0 Å². The summed E-state index contributed by atoms with van der Waals surface area (Å²) in [6.45, 7) is 0.0285. The maximum atomic E-state index is 12.8. The molecule has 7 nitrogen and oxygen atoms in total. The number of carbonyl (C=O) groups is 2. The van der Waals surface area contributed by atoms with Gasteiger partial charge < -0.3 is 15.0 Å². The van der Waals surface area contributed by atoms with E-state index >= 15 is 0 Å². The summed E-state index contributed by atoms with van der Waals surface area (Å²) in [7, 11) is -3.22. The predicted molar refractivity (Wildman–Crippen MR) is 82.3 cm³/mol. The Bertz CT molecular complexity index is 707. The van der Waals surface area contributed by atoms with Gasteiger partial charge in [-0.1, -0.05) is 6.07 Å². The first kappa shape index (κ1) is 17.4. The molecule has 0 aromatic heterocycles. The lowest BCUT2D eigenvalue weighted by molar-refractivity contribution is -0.119. The zero-order valence-electron chi connectivity index (χ0n) is 12.5. The van der Waals surface area contributed by atoms with E-state index in [1.807, 2.05) is 0 Å². The quantitative estimate of drug-likeness (QED) is 0.775. The number of amides is 2. The van der Waals surface area contributed by atoms with Crippen molar-refractivity contribution < 1.29 is 26.6 Å². The highest BCUT2D eigenvalue weighted by Crippen LogP contribution is 2.28. The Hall–Kier alpha value is -2.00. The number of hydrogen-bond donors (Lipinski definition) is 1. The number of benzene rings is 1. The van der Waals surface area contributed by atoms with Gasteiger partial charge >= 0.3 is 10.2 Å². The highest BCUT2D eigenvalue weighted by molar-refractivity contribution is 7.86. The van der Waals surface area contributed by atoms with E-state index < -0.39 is 21.9 Å². The second-order valence-corrected chi connectivity index (χ2v) is 6.72. The molecule has 9 heteroatoms. The third-order valence-electron chi connectivity index (χ3n) is 3.36. The van der Waals surface area contributed by atoms with Crippen LogP contribution in [-0.4, -0.2) is 46.2 Å². The summed E-state index contributed by atoms with van der Waals surface area (Å²) in [6.07, 6.45) is -0.0244. The molecule has 0 radical (unpaired) electrons. The van der Waals surface area contributed by atoms with Crippen molar-refractivity contribution in [2.24, 2.45) is 5.92 Å². The Morgan fingerprint density at radius 2 is 2.22 bits per heavy atom. The van der Waals surface area contributed by atoms with Gasteiger partial charge in [-0.05, 0) is 18.2 Å². The number of carbonyl (C=O) groups excluding carboxylic acids is 2. The van der Waals surface area contributed by atoms with Crippen LogP contribution in [0.4, 0.5) is 15.3 Å². The van der Waals surface area contributed by atoms with E-state index in [-0.39, 0.29) is 31.4 Å². The normalized spacial score (nSPS) is 18.3. The van der Waals surface area contributed by atoms with Gasteiger partial charge in [0, 0.05) is 37.4 Å². The van der Waals surface area contributed by atoms with Gasteiger partial charge in [-0.3, -0.25) is 9.59 Å². The fraction of sp³-hybridized carbons (Fsp3) is 0.429. The van der Waals surface area contributed by atoms with E-state index in [1.165, 1.54) is 12.0 Å². The summed E-state index contributed by atoms with van der Waals surface area (Å²) >= 11 is 0. The van der Waals surface area contributed by atoms with Crippen LogP contribution in [0, 0.1) is 5.92 Å². The van der Waals surface area contributed by atoms with Crippen LogP contribution in [0.2, 0.25) is 0 Å². The highest BCUT2D eigenvalue weighted by atomic mass is 32.3. The van der Waals surface area contributed by atoms with Gasteiger partial charge in [0.15, 0.2) is 0 Å². The van der Waals surface area contributed by atoms with Crippen molar-refractivity contribution in [2.75, 3.05) is 36.2 Å². The first-order valence-electron chi connectivity index (χ1n) is 6.90. The predicted octanol–water partition coefficient (Wildman–Crippen LogP) is 0.924. The van der Waals surface area contributed by atoms with Crippen molar-refractivity contribution >= 4 is 33.4 Å². The van der Waals surface area contributed by atoms with E-state index in [2.05, 4.69) is 5.32 Å². The average Bonchev–Trinajstić information content (AvgIpc) is 2.77. The van der Waals surface area contributed by atoms with Gasteiger partial charge in [0.1, 0.15) is 6.61 Å². The highest BCUT2D eigenvalue weighted by Gasteiger charge is 2.33. The second kappa shape index (κ2) is 7.05. The van der Waals surface area contributed by atoms with E-state index in [0.29, 0.717) is 11.4 Å². The Kier molecular flexibility index (Phi) is 5.32. The number of rotatable bonds is 6. The Balaban J connectivity index is 2.10. The molecule has 2 amide bonds. The fourth-order valence-electron chi connectivity index (χ4n) is 2.50. The van der Waals surface area contributed by atoms with Crippen molar-refractivity contribution in [1.82, 2.24) is 0 Å². The average molecular weight is 344 g/mol. The molecule has 0 bridgehead atoms. The van der Waals surface area contributed by atoms with Crippen molar-refractivity contribution in [1.29, 1.82) is 0 Å². The lowest BCUT2D eigenvalue weighted by Crippen LogP contribution is -2.25. The maximum Gasteiger partial charge on any atom is 0.302 e. The van der Waals surface area contributed by atoms with Crippen LogP contribution in [0.3, 0.4) is 0 Å². The van der Waals surface area contributed by atoms with Gasteiger partial charge in [0.25, 0.3) is 0 Å². The number of ether oxygens (including phenoxy) is 1. The van der Waals surface area contributed by atoms with E-state index in [4.69, 9.17) is 4.74 Å². The molecule has 0 saturated carbocycles. The van der Waals surface area contributed by atoms with Gasteiger partial charge in [0.2, 0.25) is 11.8 Å². The zero-order chi connectivity index (χ0) is 17.0. The van der Waals surface area contributed by atoms with E-state index in [9.17, 15) is 21.9 Å². The molecule has 1 aromatic rings. The Morgan fingerprint density at radius 3 is 2.87 bits per heavy atom. The molecule has 1 aliphatic rings. The molecule has 0 aliphatic carbocycles. The summed E-state index contributed by atoms with van der Waals surface area (Å²) in [5.74, 6) is -1.86. The summed E-state index contributed by atoms with van der Waals surface area (Å²) < 4.78 is 38.9. The molecule has 1 aliphatic heterocycles. The number of halogens is 1. The van der Waals surface area contributed by atoms with Crippen LogP contribution in [0.15, 0.2) is 24.3 Å². The fourth-order valence-corrected chi connectivity index (χ4v) is 3.29. The molecule has 23 heavy (non-hydrogen) atoms. The van der Waals surface area contributed by atoms with Crippen LogP contribution in [0.5, 0.6) is 0 Å². The molecule has 1 aromatic carbocycles. The third-order valence-corrected chi connectivity index (χ3v) is 4.23. The second-order valence-electron chi connectivity index (χ2n) is 5.31. The molecule has 1 heterocycles. The molecule has 1 N–H and O–H groups in total. The van der Waals surface area contributed by atoms with Gasteiger partial charge in [-0.25, -0.2) is 0 Å². The summed E-state index contributed by atoms with van der Waals surface area (Å²) in [5.41, 5.74) is 1.00. The minimum absolute atomic E-state index is 0.0244. The van der Waals surface area contributed by atoms with E-state index in [1.54, 1.807) is 24.3 Å².